The Kier molecular flexibility index (Phi) is 5.60. The first kappa shape index (κ1) is 13.8. The lowest BCUT2D eigenvalue weighted by Gasteiger charge is -2.42. The maximum atomic E-state index is 10.1. The summed E-state index contributed by atoms with van der Waals surface area (Å²) in [5, 5.41) is 10.1. The molecule has 5 atom stereocenters. The predicted octanol–water partition coefficient (Wildman–Crippen LogP) is -0.605. The molecule has 0 bridgehead atoms. The lowest BCUT2D eigenvalue weighted by molar-refractivity contribution is -0.303. The standard InChI is InChI=1S/C10H20O6/c1-12-5-6-8(13-2)7(11)9(14-3)10(15-4)16-6/h6-11H,5H2,1-4H3/t6-,7+,8-,9+,10?/m1/s1. The molecule has 96 valence electrons. The minimum atomic E-state index is -0.811. The zero-order chi connectivity index (χ0) is 12.1. The van der Waals surface area contributed by atoms with Crippen molar-refractivity contribution in [3.05, 3.63) is 0 Å². The third-order valence-corrected chi connectivity index (χ3v) is 2.72. The summed E-state index contributed by atoms with van der Waals surface area (Å²) in [6.45, 7) is 0.325. The second-order valence-corrected chi connectivity index (χ2v) is 3.63. The topological polar surface area (TPSA) is 66.4 Å². The zero-order valence-electron chi connectivity index (χ0n) is 10.1. The summed E-state index contributed by atoms with van der Waals surface area (Å²) in [7, 11) is 6.07. The highest BCUT2D eigenvalue weighted by atomic mass is 16.7. The number of hydrogen-bond donors (Lipinski definition) is 1. The van der Waals surface area contributed by atoms with E-state index in [0.717, 1.165) is 0 Å². The van der Waals surface area contributed by atoms with E-state index in [4.69, 9.17) is 23.7 Å². The van der Waals surface area contributed by atoms with Crippen molar-refractivity contribution in [3.63, 3.8) is 0 Å². The Balaban J connectivity index is 2.75. The summed E-state index contributed by atoms with van der Waals surface area (Å²) in [6, 6.07) is 0. The van der Waals surface area contributed by atoms with Crippen molar-refractivity contribution in [1.29, 1.82) is 0 Å². The maximum absolute atomic E-state index is 10.1. The van der Waals surface area contributed by atoms with Gasteiger partial charge in [-0.1, -0.05) is 0 Å². The van der Waals surface area contributed by atoms with Crippen molar-refractivity contribution < 1.29 is 28.8 Å². The molecule has 1 saturated heterocycles. The van der Waals surface area contributed by atoms with Crippen molar-refractivity contribution >= 4 is 0 Å². The molecule has 6 heteroatoms. The van der Waals surface area contributed by atoms with Gasteiger partial charge in [0, 0.05) is 28.4 Å². The summed E-state index contributed by atoms with van der Waals surface area (Å²) < 4.78 is 26.1. The molecule has 0 aromatic heterocycles. The van der Waals surface area contributed by atoms with Gasteiger partial charge in [0.15, 0.2) is 6.29 Å². The molecule has 0 aromatic rings. The van der Waals surface area contributed by atoms with E-state index in [1.807, 2.05) is 0 Å². The van der Waals surface area contributed by atoms with Crippen LogP contribution in [0.25, 0.3) is 0 Å². The van der Waals surface area contributed by atoms with Crippen molar-refractivity contribution in [2.45, 2.75) is 30.7 Å². The highest BCUT2D eigenvalue weighted by Gasteiger charge is 2.46. The molecule has 1 fully saturated rings. The lowest BCUT2D eigenvalue weighted by Crippen LogP contribution is -2.60. The molecule has 1 heterocycles. The fraction of sp³-hybridized carbons (Fsp3) is 1.00. The van der Waals surface area contributed by atoms with E-state index in [9.17, 15) is 5.11 Å². The molecule has 16 heavy (non-hydrogen) atoms. The van der Waals surface area contributed by atoms with Gasteiger partial charge >= 0.3 is 0 Å². The van der Waals surface area contributed by atoms with Gasteiger partial charge in [-0.25, -0.2) is 0 Å². The molecule has 6 nitrogen and oxygen atoms in total. The average molecular weight is 236 g/mol. The van der Waals surface area contributed by atoms with Crippen LogP contribution in [0, 0.1) is 0 Å². The van der Waals surface area contributed by atoms with Gasteiger partial charge in [0.25, 0.3) is 0 Å². The molecular formula is C10H20O6. The van der Waals surface area contributed by atoms with E-state index < -0.39 is 24.6 Å². The molecule has 0 aliphatic carbocycles. The molecule has 1 aliphatic rings. The predicted molar refractivity (Wildman–Crippen MR) is 55.1 cm³/mol. The molecule has 1 N–H and O–H groups in total. The summed E-state index contributed by atoms with van der Waals surface area (Å²) in [5.41, 5.74) is 0. The van der Waals surface area contributed by atoms with E-state index in [1.54, 1.807) is 7.11 Å². The summed E-state index contributed by atoms with van der Waals surface area (Å²) >= 11 is 0. The fourth-order valence-electron chi connectivity index (χ4n) is 1.92. The molecule has 0 radical (unpaired) electrons. The van der Waals surface area contributed by atoms with Gasteiger partial charge in [-0.3, -0.25) is 0 Å². The highest BCUT2D eigenvalue weighted by molar-refractivity contribution is 4.90. The summed E-state index contributed by atoms with van der Waals surface area (Å²) in [6.07, 6.45) is -2.86. The number of hydrogen-bond acceptors (Lipinski definition) is 6. The van der Waals surface area contributed by atoms with Gasteiger partial charge in [-0.05, 0) is 0 Å². The van der Waals surface area contributed by atoms with E-state index in [-0.39, 0.29) is 6.10 Å². The van der Waals surface area contributed by atoms with Gasteiger partial charge in [-0.15, -0.1) is 0 Å². The van der Waals surface area contributed by atoms with Gasteiger partial charge in [-0.2, -0.15) is 0 Å². The van der Waals surface area contributed by atoms with E-state index in [2.05, 4.69) is 0 Å². The average Bonchev–Trinajstić information content (AvgIpc) is 2.29. The second-order valence-electron chi connectivity index (χ2n) is 3.63. The van der Waals surface area contributed by atoms with Crippen LogP contribution in [0.3, 0.4) is 0 Å². The van der Waals surface area contributed by atoms with Crippen molar-refractivity contribution in [2.24, 2.45) is 0 Å². The summed E-state index contributed by atoms with van der Waals surface area (Å²) in [5.74, 6) is 0. The number of ether oxygens (including phenoxy) is 5. The Labute approximate surface area is 95.4 Å². The Hall–Kier alpha value is -0.240. The quantitative estimate of drug-likeness (QED) is 0.687. The molecular weight excluding hydrogens is 216 g/mol. The number of aliphatic hydroxyl groups is 1. The van der Waals surface area contributed by atoms with Gasteiger partial charge in [0.05, 0.1) is 6.61 Å². The van der Waals surface area contributed by atoms with E-state index in [0.29, 0.717) is 6.61 Å². The van der Waals surface area contributed by atoms with Crippen molar-refractivity contribution in [2.75, 3.05) is 35.0 Å². The first-order valence-electron chi connectivity index (χ1n) is 5.10. The van der Waals surface area contributed by atoms with Gasteiger partial charge in [0.2, 0.25) is 0 Å². The Morgan fingerprint density at radius 3 is 2.06 bits per heavy atom. The van der Waals surface area contributed by atoms with Crippen LogP contribution in [0.1, 0.15) is 0 Å². The monoisotopic (exact) mass is 236 g/mol. The van der Waals surface area contributed by atoms with Crippen LogP contribution >= 0.6 is 0 Å². The highest BCUT2D eigenvalue weighted by Crippen LogP contribution is 2.25. The number of aliphatic hydroxyl groups excluding tert-OH is 1. The van der Waals surface area contributed by atoms with Crippen LogP contribution in [0.2, 0.25) is 0 Å². The first-order valence-corrected chi connectivity index (χ1v) is 5.10. The molecule has 1 rings (SSSR count). The second kappa shape index (κ2) is 6.48. The third-order valence-electron chi connectivity index (χ3n) is 2.72. The molecule has 1 aliphatic heterocycles. The fourth-order valence-corrected chi connectivity index (χ4v) is 1.92. The first-order chi connectivity index (χ1) is 7.69. The Morgan fingerprint density at radius 2 is 1.62 bits per heavy atom. The smallest absolute Gasteiger partial charge is 0.186 e. The minimum absolute atomic E-state index is 0.325. The summed E-state index contributed by atoms with van der Waals surface area (Å²) in [4.78, 5) is 0. The molecule has 0 amide bonds. The van der Waals surface area contributed by atoms with Crippen molar-refractivity contribution in [3.8, 4) is 0 Å². The van der Waals surface area contributed by atoms with E-state index in [1.165, 1.54) is 21.3 Å². The molecule has 0 saturated carbocycles. The largest absolute Gasteiger partial charge is 0.387 e. The molecule has 0 spiro atoms. The van der Waals surface area contributed by atoms with Crippen LogP contribution in [0.4, 0.5) is 0 Å². The third kappa shape index (κ3) is 2.71. The zero-order valence-corrected chi connectivity index (χ0v) is 10.1. The minimum Gasteiger partial charge on any atom is -0.387 e. The Morgan fingerprint density at radius 1 is 1.00 bits per heavy atom. The normalized spacial score (nSPS) is 39.9. The van der Waals surface area contributed by atoms with Crippen LogP contribution in [-0.4, -0.2) is 70.9 Å². The van der Waals surface area contributed by atoms with Gasteiger partial charge in [0.1, 0.15) is 24.4 Å². The van der Waals surface area contributed by atoms with Crippen LogP contribution in [-0.2, 0) is 23.7 Å². The number of rotatable bonds is 5. The van der Waals surface area contributed by atoms with E-state index >= 15 is 0 Å². The van der Waals surface area contributed by atoms with Gasteiger partial charge < -0.3 is 28.8 Å². The molecule has 1 unspecified atom stereocenters. The van der Waals surface area contributed by atoms with Crippen LogP contribution in [0.5, 0.6) is 0 Å². The Bertz CT molecular complexity index is 198. The van der Waals surface area contributed by atoms with Crippen LogP contribution in [0.15, 0.2) is 0 Å². The molecule has 0 aromatic carbocycles. The van der Waals surface area contributed by atoms with Crippen molar-refractivity contribution in [1.82, 2.24) is 0 Å². The lowest BCUT2D eigenvalue weighted by atomic mass is 9.99. The van der Waals surface area contributed by atoms with Crippen LogP contribution < -0.4 is 0 Å². The maximum Gasteiger partial charge on any atom is 0.186 e. The SMILES string of the molecule is COC[C@H]1OC(OC)[C@@H](OC)[C@@H](O)[C@@H]1OC. The number of methoxy groups -OCH3 is 4.